The third-order valence-electron chi connectivity index (χ3n) is 3.67. The number of unbranched alkanes of at least 4 members (excludes halogenated alkanes) is 2. The van der Waals surface area contributed by atoms with Gasteiger partial charge in [-0.2, -0.15) is 18.4 Å². The largest absolute Gasteiger partial charge is 0.416 e. The molecule has 0 aliphatic heterocycles. The van der Waals surface area contributed by atoms with Crippen molar-refractivity contribution < 1.29 is 13.2 Å². The van der Waals surface area contributed by atoms with E-state index >= 15 is 0 Å². The second-order valence-electron chi connectivity index (χ2n) is 5.24. The second kappa shape index (κ2) is 6.78. The highest BCUT2D eigenvalue weighted by Crippen LogP contribution is 2.35. The highest BCUT2D eigenvalue weighted by atomic mass is 19.4. The topological polar surface area (TPSA) is 23.8 Å². The van der Waals surface area contributed by atoms with Gasteiger partial charge in [0.15, 0.2) is 0 Å². The van der Waals surface area contributed by atoms with Gasteiger partial charge in [0.05, 0.1) is 17.2 Å². The molecular weight excluding hydrogens is 263 g/mol. The van der Waals surface area contributed by atoms with Gasteiger partial charge in [-0.3, -0.25) is 0 Å². The first-order valence-electron chi connectivity index (χ1n) is 6.93. The van der Waals surface area contributed by atoms with Crippen LogP contribution in [0.2, 0.25) is 0 Å². The smallest absolute Gasteiger partial charge is 0.192 e. The Balaban J connectivity index is 3.14. The van der Waals surface area contributed by atoms with Crippen molar-refractivity contribution in [2.24, 2.45) is 0 Å². The van der Waals surface area contributed by atoms with Crippen molar-refractivity contribution in [3.8, 4) is 6.07 Å². The van der Waals surface area contributed by atoms with Crippen molar-refractivity contribution in [2.75, 3.05) is 0 Å². The second-order valence-corrected chi connectivity index (χ2v) is 5.24. The van der Waals surface area contributed by atoms with E-state index in [4.69, 9.17) is 5.26 Å². The van der Waals surface area contributed by atoms with Crippen molar-refractivity contribution in [1.82, 2.24) is 0 Å². The molecule has 0 N–H and O–H groups in total. The SMILES string of the molecule is CCCCCC(C)c1cc(C(F)(F)F)cc(C#N)c1C. The van der Waals surface area contributed by atoms with E-state index in [-0.39, 0.29) is 11.5 Å². The molecule has 0 aliphatic rings. The van der Waals surface area contributed by atoms with Gasteiger partial charge in [0.25, 0.3) is 0 Å². The molecule has 1 atom stereocenters. The molecule has 0 fully saturated rings. The lowest BCUT2D eigenvalue weighted by molar-refractivity contribution is -0.137. The van der Waals surface area contributed by atoms with Crippen molar-refractivity contribution >= 4 is 0 Å². The molecule has 0 bridgehead atoms. The Bertz CT molecular complexity index is 498. The van der Waals surface area contributed by atoms with Crippen molar-refractivity contribution in [3.05, 3.63) is 34.4 Å². The molecule has 1 unspecified atom stereocenters. The van der Waals surface area contributed by atoms with Gasteiger partial charge in [-0.15, -0.1) is 0 Å². The summed E-state index contributed by atoms with van der Waals surface area (Å²) in [6.07, 6.45) is -0.404. The molecule has 0 spiro atoms. The lowest BCUT2D eigenvalue weighted by atomic mass is 9.88. The molecule has 1 aromatic carbocycles. The fraction of sp³-hybridized carbons (Fsp3) is 0.562. The Morgan fingerprint density at radius 3 is 2.40 bits per heavy atom. The van der Waals surface area contributed by atoms with E-state index in [1.54, 1.807) is 6.92 Å². The van der Waals surface area contributed by atoms with Gasteiger partial charge in [-0.1, -0.05) is 33.1 Å². The van der Waals surface area contributed by atoms with Crippen LogP contribution in [0.1, 0.15) is 67.7 Å². The Kier molecular flexibility index (Phi) is 5.62. The average Bonchev–Trinajstić information content (AvgIpc) is 2.37. The maximum atomic E-state index is 12.9. The van der Waals surface area contributed by atoms with E-state index in [9.17, 15) is 13.2 Å². The lowest BCUT2D eigenvalue weighted by Gasteiger charge is -2.18. The predicted molar refractivity (Wildman–Crippen MR) is 73.5 cm³/mol. The molecule has 0 aliphatic carbocycles. The number of rotatable bonds is 5. The summed E-state index contributed by atoms with van der Waals surface area (Å²) in [7, 11) is 0. The Morgan fingerprint density at radius 2 is 1.90 bits per heavy atom. The summed E-state index contributed by atoms with van der Waals surface area (Å²) in [4.78, 5) is 0. The van der Waals surface area contributed by atoms with Gasteiger partial charge in [-0.25, -0.2) is 0 Å². The number of hydrogen-bond donors (Lipinski definition) is 0. The zero-order valence-corrected chi connectivity index (χ0v) is 12.1. The highest BCUT2D eigenvalue weighted by Gasteiger charge is 2.32. The van der Waals surface area contributed by atoms with Crippen molar-refractivity contribution in [1.29, 1.82) is 5.26 Å². The first-order valence-corrected chi connectivity index (χ1v) is 6.93. The van der Waals surface area contributed by atoms with Crippen LogP contribution < -0.4 is 0 Å². The summed E-state index contributed by atoms with van der Waals surface area (Å²) in [6.45, 7) is 5.75. The van der Waals surface area contributed by atoms with Crippen LogP contribution >= 0.6 is 0 Å². The quantitative estimate of drug-likeness (QED) is 0.648. The molecule has 0 saturated carbocycles. The van der Waals surface area contributed by atoms with Gasteiger partial charge in [0, 0.05) is 0 Å². The summed E-state index contributed by atoms with van der Waals surface area (Å²) < 4.78 is 38.6. The van der Waals surface area contributed by atoms with Crippen LogP contribution in [0.25, 0.3) is 0 Å². The van der Waals surface area contributed by atoms with Gasteiger partial charge in [0.2, 0.25) is 0 Å². The highest BCUT2D eigenvalue weighted by molar-refractivity contribution is 5.47. The average molecular weight is 283 g/mol. The summed E-state index contributed by atoms with van der Waals surface area (Å²) in [5, 5.41) is 9.01. The van der Waals surface area contributed by atoms with E-state index in [1.165, 1.54) is 6.07 Å². The Hall–Kier alpha value is -1.50. The summed E-state index contributed by atoms with van der Waals surface area (Å²) in [5.74, 6) is 0.0379. The normalized spacial score (nSPS) is 13.1. The molecule has 20 heavy (non-hydrogen) atoms. The van der Waals surface area contributed by atoms with Gasteiger partial charge >= 0.3 is 6.18 Å². The summed E-state index contributed by atoms with van der Waals surface area (Å²) >= 11 is 0. The third-order valence-corrected chi connectivity index (χ3v) is 3.67. The van der Waals surface area contributed by atoms with Gasteiger partial charge in [-0.05, 0) is 42.5 Å². The molecule has 0 amide bonds. The first kappa shape index (κ1) is 16.6. The first-order chi connectivity index (χ1) is 9.31. The summed E-state index contributed by atoms with van der Waals surface area (Å²) in [5.41, 5.74) is 0.714. The minimum atomic E-state index is -4.41. The number of hydrogen-bond acceptors (Lipinski definition) is 1. The monoisotopic (exact) mass is 283 g/mol. The van der Waals surface area contributed by atoms with E-state index in [0.717, 1.165) is 31.7 Å². The van der Waals surface area contributed by atoms with E-state index in [2.05, 4.69) is 6.92 Å². The zero-order valence-electron chi connectivity index (χ0n) is 12.1. The number of alkyl halides is 3. The molecule has 1 rings (SSSR count). The van der Waals surface area contributed by atoms with Gasteiger partial charge in [0.1, 0.15) is 0 Å². The van der Waals surface area contributed by atoms with Gasteiger partial charge < -0.3 is 0 Å². The van der Waals surface area contributed by atoms with Crippen LogP contribution in [0.4, 0.5) is 13.2 Å². The van der Waals surface area contributed by atoms with Crippen molar-refractivity contribution in [3.63, 3.8) is 0 Å². The molecule has 4 heteroatoms. The zero-order chi connectivity index (χ0) is 15.3. The Morgan fingerprint density at radius 1 is 1.25 bits per heavy atom. The fourth-order valence-corrected chi connectivity index (χ4v) is 2.38. The predicted octanol–water partition coefficient (Wildman–Crippen LogP) is 5.57. The molecular formula is C16H20F3N. The maximum Gasteiger partial charge on any atom is 0.416 e. The standard InChI is InChI=1S/C16H20F3N/c1-4-5-6-7-11(2)15-9-14(16(17,18)19)8-13(10-20)12(15)3/h8-9,11H,4-7H2,1-3H3. The van der Waals surface area contributed by atoms with Crippen LogP contribution in [0, 0.1) is 18.3 Å². The van der Waals surface area contributed by atoms with Crippen LogP contribution in [0.3, 0.4) is 0 Å². The van der Waals surface area contributed by atoms with E-state index in [0.29, 0.717) is 11.1 Å². The minimum Gasteiger partial charge on any atom is -0.192 e. The Labute approximate surface area is 118 Å². The minimum absolute atomic E-state index is 0.0379. The van der Waals surface area contributed by atoms with Crippen LogP contribution in [0.5, 0.6) is 0 Å². The number of nitriles is 1. The molecule has 0 aromatic heterocycles. The number of nitrogens with zero attached hydrogens (tertiary/aromatic N) is 1. The number of benzene rings is 1. The van der Waals surface area contributed by atoms with E-state index < -0.39 is 11.7 Å². The molecule has 1 aromatic rings. The number of halogens is 3. The van der Waals surface area contributed by atoms with Crippen LogP contribution in [-0.4, -0.2) is 0 Å². The molecule has 110 valence electrons. The summed E-state index contributed by atoms with van der Waals surface area (Å²) in [6, 6.07) is 4.01. The lowest BCUT2D eigenvalue weighted by Crippen LogP contribution is -2.09. The molecule has 0 saturated heterocycles. The molecule has 0 heterocycles. The van der Waals surface area contributed by atoms with Crippen LogP contribution in [0.15, 0.2) is 12.1 Å². The third kappa shape index (κ3) is 4.00. The molecule has 0 radical (unpaired) electrons. The van der Waals surface area contributed by atoms with Crippen LogP contribution in [-0.2, 0) is 6.18 Å². The maximum absolute atomic E-state index is 12.9. The van der Waals surface area contributed by atoms with Crippen molar-refractivity contribution in [2.45, 2.75) is 58.5 Å². The fourth-order valence-electron chi connectivity index (χ4n) is 2.38. The molecule has 1 nitrogen and oxygen atoms in total. The van der Waals surface area contributed by atoms with E-state index in [1.807, 2.05) is 13.0 Å².